The molecule has 1 amide bonds. The topological polar surface area (TPSA) is 45.7 Å². The molecule has 1 aliphatic rings. The van der Waals surface area contributed by atoms with Crippen molar-refractivity contribution >= 4 is 6.09 Å². The van der Waals surface area contributed by atoms with Crippen molar-refractivity contribution in [2.45, 2.75) is 45.9 Å². The van der Waals surface area contributed by atoms with E-state index in [1.54, 1.807) is 0 Å². The van der Waals surface area contributed by atoms with E-state index in [4.69, 9.17) is 4.74 Å². The molecule has 0 N–H and O–H groups in total. The molecule has 5 nitrogen and oxygen atoms in total. The molecule has 0 aromatic carbocycles. The number of aromatic nitrogens is 1. The number of rotatable bonds is 2. The van der Waals surface area contributed by atoms with Crippen molar-refractivity contribution in [3.05, 3.63) is 30.1 Å². The zero-order chi connectivity index (χ0) is 15.5. The Bertz CT molecular complexity index is 470. The van der Waals surface area contributed by atoms with E-state index < -0.39 is 5.60 Å². The Labute approximate surface area is 126 Å². The summed E-state index contributed by atoms with van der Waals surface area (Å²) in [7, 11) is 0. The third-order valence-corrected chi connectivity index (χ3v) is 3.45. The zero-order valence-corrected chi connectivity index (χ0v) is 13.4. The predicted octanol–water partition coefficient (Wildman–Crippen LogP) is 2.52. The van der Waals surface area contributed by atoms with Gasteiger partial charge in [-0.1, -0.05) is 6.07 Å². The average Bonchev–Trinajstić information content (AvgIpc) is 2.37. The molecule has 1 unspecified atom stereocenters. The Morgan fingerprint density at radius 3 is 2.71 bits per heavy atom. The molecule has 1 aromatic heterocycles. The van der Waals surface area contributed by atoms with Gasteiger partial charge in [-0.2, -0.15) is 0 Å². The van der Waals surface area contributed by atoms with Crippen LogP contribution < -0.4 is 0 Å². The van der Waals surface area contributed by atoms with Gasteiger partial charge in [0, 0.05) is 38.4 Å². The summed E-state index contributed by atoms with van der Waals surface area (Å²) >= 11 is 0. The van der Waals surface area contributed by atoms with Gasteiger partial charge in [0.25, 0.3) is 0 Å². The molecule has 1 saturated heterocycles. The molecule has 5 heteroatoms. The number of nitrogens with zero attached hydrogens (tertiary/aromatic N) is 3. The highest BCUT2D eigenvalue weighted by molar-refractivity contribution is 5.68. The summed E-state index contributed by atoms with van der Waals surface area (Å²) in [6, 6.07) is 6.11. The van der Waals surface area contributed by atoms with Gasteiger partial charge < -0.3 is 9.64 Å². The van der Waals surface area contributed by atoms with E-state index in [9.17, 15) is 4.79 Å². The lowest BCUT2D eigenvalue weighted by Crippen LogP contribution is -2.54. The van der Waals surface area contributed by atoms with Gasteiger partial charge in [0.1, 0.15) is 5.60 Å². The second-order valence-corrected chi connectivity index (χ2v) is 6.58. The van der Waals surface area contributed by atoms with Gasteiger partial charge in [-0.3, -0.25) is 9.88 Å². The molecule has 2 rings (SSSR count). The van der Waals surface area contributed by atoms with Crippen LogP contribution in [-0.2, 0) is 11.3 Å². The Kier molecular flexibility index (Phi) is 4.83. The predicted molar refractivity (Wildman–Crippen MR) is 81.9 cm³/mol. The van der Waals surface area contributed by atoms with Crippen molar-refractivity contribution < 1.29 is 9.53 Å². The lowest BCUT2D eigenvalue weighted by Gasteiger charge is -2.40. The highest BCUT2D eigenvalue weighted by Crippen LogP contribution is 2.16. The van der Waals surface area contributed by atoms with Crippen molar-refractivity contribution in [2.24, 2.45) is 0 Å². The van der Waals surface area contributed by atoms with Crippen molar-refractivity contribution in [1.82, 2.24) is 14.8 Å². The lowest BCUT2D eigenvalue weighted by atomic mass is 10.2. The highest BCUT2D eigenvalue weighted by atomic mass is 16.6. The van der Waals surface area contributed by atoms with Crippen LogP contribution in [-0.4, -0.2) is 52.2 Å². The Hall–Kier alpha value is -1.62. The molecule has 21 heavy (non-hydrogen) atoms. The van der Waals surface area contributed by atoms with Crippen LogP contribution in [0.15, 0.2) is 24.4 Å². The lowest BCUT2D eigenvalue weighted by molar-refractivity contribution is 0.000439. The summed E-state index contributed by atoms with van der Waals surface area (Å²) in [5.41, 5.74) is 0.623. The SMILES string of the molecule is CC1CN(Cc2ccccn2)CCN1C(=O)OC(C)(C)C. The summed E-state index contributed by atoms with van der Waals surface area (Å²) in [5.74, 6) is 0. The van der Waals surface area contributed by atoms with Crippen LogP contribution >= 0.6 is 0 Å². The summed E-state index contributed by atoms with van der Waals surface area (Å²) in [4.78, 5) is 20.7. The van der Waals surface area contributed by atoms with Gasteiger partial charge in [-0.15, -0.1) is 0 Å². The maximum atomic E-state index is 12.2. The van der Waals surface area contributed by atoms with Gasteiger partial charge in [0.05, 0.1) is 5.69 Å². The first-order valence-electron chi connectivity index (χ1n) is 7.47. The normalized spacial score (nSPS) is 20.4. The molecule has 116 valence electrons. The second-order valence-electron chi connectivity index (χ2n) is 6.58. The van der Waals surface area contributed by atoms with Crippen molar-refractivity contribution in [2.75, 3.05) is 19.6 Å². The quantitative estimate of drug-likeness (QED) is 0.840. The summed E-state index contributed by atoms with van der Waals surface area (Å²) in [6.45, 7) is 11.0. The number of pyridine rings is 1. The molecule has 2 heterocycles. The van der Waals surface area contributed by atoms with Gasteiger partial charge in [-0.25, -0.2) is 4.79 Å². The molecule has 1 fully saturated rings. The number of carbonyl (C=O) groups excluding carboxylic acids is 1. The van der Waals surface area contributed by atoms with Crippen LogP contribution in [0.25, 0.3) is 0 Å². The van der Waals surface area contributed by atoms with Crippen LogP contribution in [0.3, 0.4) is 0 Å². The minimum absolute atomic E-state index is 0.150. The number of amides is 1. The van der Waals surface area contributed by atoms with Crippen molar-refractivity contribution in [1.29, 1.82) is 0 Å². The molecule has 0 radical (unpaired) electrons. The van der Waals surface area contributed by atoms with E-state index >= 15 is 0 Å². The number of hydrogen-bond acceptors (Lipinski definition) is 4. The third-order valence-electron chi connectivity index (χ3n) is 3.45. The second kappa shape index (κ2) is 6.43. The number of hydrogen-bond donors (Lipinski definition) is 0. The Morgan fingerprint density at radius 2 is 2.14 bits per heavy atom. The van der Waals surface area contributed by atoms with Crippen LogP contribution in [0, 0.1) is 0 Å². The molecule has 1 aliphatic heterocycles. The van der Waals surface area contributed by atoms with Crippen LogP contribution in [0.5, 0.6) is 0 Å². The number of piperazine rings is 1. The first-order valence-corrected chi connectivity index (χ1v) is 7.47. The molecule has 0 bridgehead atoms. The van der Waals surface area contributed by atoms with Crippen LogP contribution in [0.2, 0.25) is 0 Å². The van der Waals surface area contributed by atoms with Crippen molar-refractivity contribution in [3.8, 4) is 0 Å². The number of ether oxygens (including phenoxy) is 1. The molecule has 0 saturated carbocycles. The van der Waals surface area contributed by atoms with Gasteiger partial charge >= 0.3 is 6.09 Å². The zero-order valence-electron chi connectivity index (χ0n) is 13.4. The van der Waals surface area contributed by atoms with E-state index in [1.165, 1.54) is 0 Å². The Morgan fingerprint density at radius 1 is 1.38 bits per heavy atom. The summed E-state index contributed by atoms with van der Waals surface area (Å²) in [5, 5.41) is 0. The maximum Gasteiger partial charge on any atom is 0.410 e. The molecule has 1 aromatic rings. The van der Waals surface area contributed by atoms with Gasteiger partial charge in [0.2, 0.25) is 0 Å². The van der Waals surface area contributed by atoms with E-state index in [-0.39, 0.29) is 12.1 Å². The minimum atomic E-state index is -0.443. The summed E-state index contributed by atoms with van der Waals surface area (Å²) < 4.78 is 5.46. The van der Waals surface area contributed by atoms with Crippen LogP contribution in [0.4, 0.5) is 4.79 Å². The fraction of sp³-hybridized carbons (Fsp3) is 0.625. The molecular weight excluding hydrogens is 266 g/mol. The maximum absolute atomic E-state index is 12.2. The molecule has 1 atom stereocenters. The third kappa shape index (κ3) is 4.70. The molecule has 0 spiro atoms. The fourth-order valence-electron chi connectivity index (χ4n) is 2.49. The Balaban J connectivity index is 1.89. The van der Waals surface area contributed by atoms with Crippen molar-refractivity contribution in [3.63, 3.8) is 0 Å². The smallest absolute Gasteiger partial charge is 0.410 e. The monoisotopic (exact) mass is 291 g/mol. The van der Waals surface area contributed by atoms with E-state index in [0.29, 0.717) is 6.54 Å². The van der Waals surface area contributed by atoms with Gasteiger partial charge in [-0.05, 0) is 39.8 Å². The highest BCUT2D eigenvalue weighted by Gasteiger charge is 2.30. The minimum Gasteiger partial charge on any atom is -0.444 e. The summed E-state index contributed by atoms with van der Waals surface area (Å²) in [6.07, 6.45) is 1.60. The van der Waals surface area contributed by atoms with E-state index in [1.807, 2.05) is 50.1 Å². The molecular formula is C16H25N3O2. The number of carbonyl (C=O) groups is 1. The fourth-order valence-corrected chi connectivity index (χ4v) is 2.49. The van der Waals surface area contributed by atoms with Crippen LogP contribution in [0.1, 0.15) is 33.4 Å². The van der Waals surface area contributed by atoms with E-state index in [0.717, 1.165) is 25.3 Å². The van der Waals surface area contributed by atoms with E-state index in [2.05, 4.69) is 16.8 Å². The molecule has 0 aliphatic carbocycles. The first kappa shape index (κ1) is 15.8. The average molecular weight is 291 g/mol. The standard InChI is InChI=1S/C16H25N3O2/c1-13-11-18(12-14-7-5-6-8-17-14)9-10-19(13)15(20)21-16(2,3)4/h5-8,13H,9-12H2,1-4H3. The largest absolute Gasteiger partial charge is 0.444 e. The first-order chi connectivity index (χ1) is 9.85. The van der Waals surface area contributed by atoms with Gasteiger partial charge in [0.15, 0.2) is 0 Å².